The number of anilines is 1. The summed E-state index contributed by atoms with van der Waals surface area (Å²) in [5, 5.41) is 21.4. The molecule has 1 fully saturated rings. The van der Waals surface area contributed by atoms with E-state index in [4.69, 9.17) is 0 Å². The Kier molecular flexibility index (Phi) is 4.27. The molecule has 0 unspecified atom stereocenters. The molecule has 1 saturated heterocycles. The molecule has 1 aromatic carbocycles. The number of benzene rings is 1. The summed E-state index contributed by atoms with van der Waals surface area (Å²) >= 11 is 0. The number of aliphatic hydroxyl groups is 2. The average Bonchev–Trinajstić information content (AvgIpc) is 2.56. The van der Waals surface area contributed by atoms with Gasteiger partial charge >= 0.3 is 0 Å². The van der Waals surface area contributed by atoms with E-state index >= 15 is 0 Å². The maximum Gasteiger partial charge on any atom is 0.139 e. The molecule has 5 heteroatoms. The quantitative estimate of drug-likeness (QED) is 0.903. The van der Waals surface area contributed by atoms with Gasteiger partial charge < -0.3 is 15.1 Å². The third-order valence-corrected chi connectivity index (χ3v) is 4.86. The Labute approximate surface area is 130 Å². The van der Waals surface area contributed by atoms with E-state index in [0.29, 0.717) is 6.54 Å². The molecule has 22 heavy (non-hydrogen) atoms. The van der Waals surface area contributed by atoms with E-state index in [9.17, 15) is 10.2 Å². The van der Waals surface area contributed by atoms with Crippen molar-refractivity contribution in [1.29, 1.82) is 0 Å². The highest BCUT2D eigenvalue weighted by atomic mass is 16.3. The fourth-order valence-electron chi connectivity index (χ4n) is 3.51. The molecule has 0 spiro atoms. The molecule has 118 valence electrons. The van der Waals surface area contributed by atoms with Crippen LogP contribution < -0.4 is 4.90 Å². The Hall–Kier alpha value is -1.72. The van der Waals surface area contributed by atoms with Crippen LogP contribution in [0.2, 0.25) is 0 Å². The summed E-state index contributed by atoms with van der Waals surface area (Å²) in [5.74, 6) is 0.868. The summed E-state index contributed by atoms with van der Waals surface area (Å²) in [5.41, 5.74) is 0.545. The van der Waals surface area contributed by atoms with Crippen molar-refractivity contribution in [3.63, 3.8) is 0 Å². The number of aliphatic hydroxyl groups excluding tert-OH is 2. The minimum absolute atomic E-state index is 0.0420. The minimum atomic E-state index is -0.542. The minimum Gasteiger partial charge on any atom is -0.396 e. The lowest BCUT2D eigenvalue weighted by atomic mass is 9.73. The standard InChI is InChI=1S/C17H23N3O2/c1-2-7-17(11-21)8-9-20(10-15(17)22)16-13-5-3-4-6-14(13)18-12-19-16/h3-6,12,15,21-22H,2,7-11H2,1H3/t15-,17-/m1/s1. The number of hydrogen-bond donors (Lipinski definition) is 2. The molecule has 1 aliphatic rings. The number of β-amino-alcohol motifs (C(OH)–C–C–N with tert-alkyl or cyclic N) is 1. The number of piperidine rings is 1. The van der Waals surface area contributed by atoms with Crippen LogP contribution in [-0.2, 0) is 0 Å². The predicted octanol–water partition coefficient (Wildman–Crippen LogP) is 1.98. The van der Waals surface area contributed by atoms with Gasteiger partial charge in [-0.05, 0) is 25.0 Å². The summed E-state index contributed by atoms with van der Waals surface area (Å²) < 4.78 is 0. The van der Waals surface area contributed by atoms with E-state index in [1.165, 1.54) is 0 Å². The van der Waals surface area contributed by atoms with Crippen LogP contribution >= 0.6 is 0 Å². The highest BCUT2D eigenvalue weighted by molar-refractivity contribution is 5.89. The topological polar surface area (TPSA) is 69.5 Å². The number of aromatic nitrogens is 2. The number of nitrogens with zero attached hydrogens (tertiary/aromatic N) is 3. The first-order valence-electron chi connectivity index (χ1n) is 7.94. The molecule has 1 aromatic heterocycles. The summed E-state index contributed by atoms with van der Waals surface area (Å²) in [6.07, 6.45) is 3.62. The molecular weight excluding hydrogens is 278 g/mol. The number of hydrogen-bond acceptors (Lipinski definition) is 5. The Balaban J connectivity index is 1.88. The lowest BCUT2D eigenvalue weighted by Crippen LogP contribution is -2.53. The number of para-hydroxylation sites is 1. The van der Waals surface area contributed by atoms with Gasteiger partial charge in [-0.3, -0.25) is 0 Å². The van der Waals surface area contributed by atoms with E-state index in [1.807, 2.05) is 24.3 Å². The Bertz CT molecular complexity index is 643. The lowest BCUT2D eigenvalue weighted by Gasteiger charge is -2.45. The van der Waals surface area contributed by atoms with Crippen molar-refractivity contribution >= 4 is 16.7 Å². The molecule has 1 aliphatic heterocycles. The second-order valence-electron chi connectivity index (χ2n) is 6.20. The molecule has 0 bridgehead atoms. The molecule has 0 aliphatic carbocycles. The first-order valence-corrected chi connectivity index (χ1v) is 7.94. The smallest absolute Gasteiger partial charge is 0.139 e. The monoisotopic (exact) mass is 301 g/mol. The molecule has 3 rings (SSSR count). The van der Waals surface area contributed by atoms with Crippen LogP contribution in [0.25, 0.3) is 10.9 Å². The molecule has 0 saturated carbocycles. The second kappa shape index (κ2) is 6.18. The van der Waals surface area contributed by atoms with Crippen molar-refractivity contribution in [3.8, 4) is 0 Å². The highest BCUT2D eigenvalue weighted by Gasteiger charge is 2.41. The van der Waals surface area contributed by atoms with Crippen molar-refractivity contribution in [3.05, 3.63) is 30.6 Å². The van der Waals surface area contributed by atoms with E-state index in [-0.39, 0.29) is 12.0 Å². The van der Waals surface area contributed by atoms with E-state index in [1.54, 1.807) is 6.33 Å². The molecule has 5 nitrogen and oxygen atoms in total. The fraction of sp³-hybridized carbons (Fsp3) is 0.529. The Morgan fingerprint density at radius 2 is 2.14 bits per heavy atom. The van der Waals surface area contributed by atoms with Crippen LogP contribution in [0.4, 0.5) is 5.82 Å². The van der Waals surface area contributed by atoms with Gasteiger partial charge in [0.15, 0.2) is 0 Å². The molecule has 2 aromatic rings. The number of rotatable bonds is 4. The van der Waals surface area contributed by atoms with Gasteiger partial charge in [0.05, 0.1) is 18.2 Å². The molecule has 0 radical (unpaired) electrons. The van der Waals surface area contributed by atoms with Crippen molar-refractivity contribution in [2.24, 2.45) is 5.41 Å². The molecular formula is C17H23N3O2. The summed E-state index contributed by atoms with van der Waals surface area (Å²) in [6.45, 7) is 3.43. The molecule has 2 atom stereocenters. The van der Waals surface area contributed by atoms with Gasteiger partial charge in [0.25, 0.3) is 0 Å². The number of fused-ring (bicyclic) bond motifs is 1. The zero-order valence-electron chi connectivity index (χ0n) is 12.9. The SMILES string of the molecule is CCC[C@]1(CO)CCN(c2ncnc3ccccc23)C[C@H]1O. The third-order valence-electron chi connectivity index (χ3n) is 4.86. The maximum absolute atomic E-state index is 10.6. The first kappa shape index (κ1) is 15.2. The second-order valence-corrected chi connectivity index (χ2v) is 6.20. The van der Waals surface area contributed by atoms with Crippen LogP contribution in [0.5, 0.6) is 0 Å². The van der Waals surface area contributed by atoms with Gasteiger partial charge in [-0.25, -0.2) is 9.97 Å². The lowest BCUT2D eigenvalue weighted by molar-refractivity contribution is -0.0371. The zero-order chi connectivity index (χ0) is 15.6. The van der Waals surface area contributed by atoms with Crippen LogP contribution in [0.1, 0.15) is 26.2 Å². The molecule has 2 heterocycles. The summed E-state index contributed by atoms with van der Waals surface area (Å²) in [4.78, 5) is 10.8. The largest absolute Gasteiger partial charge is 0.396 e. The van der Waals surface area contributed by atoms with Gasteiger partial charge in [0.2, 0.25) is 0 Å². The average molecular weight is 301 g/mol. The van der Waals surface area contributed by atoms with Crippen molar-refractivity contribution in [2.45, 2.75) is 32.3 Å². The highest BCUT2D eigenvalue weighted by Crippen LogP contribution is 2.38. The van der Waals surface area contributed by atoms with Gasteiger partial charge in [-0.15, -0.1) is 0 Å². The summed E-state index contributed by atoms with van der Waals surface area (Å²) in [6, 6.07) is 7.92. The van der Waals surface area contributed by atoms with Crippen LogP contribution in [0, 0.1) is 5.41 Å². The van der Waals surface area contributed by atoms with E-state index in [0.717, 1.165) is 42.5 Å². The predicted molar refractivity (Wildman–Crippen MR) is 86.8 cm³/mol. The van der Waals surface area contributed by atoms with Gasteiger partial charge in [-0.2, -0.15) is 0 Å². The van der Waals surface area contributed by atoms with Crippen molar-refractivity contribution in [2.75, 3.05) is 24.6 Å². The van der Waals surface area contributed by atoms with Gasteiger partial charge in [0, 0.05) is 23.9 Å². The maximum atomic E-state index is 10.6. The van der Waals surface area contributed by atoms with Gasteiger partial charge in [0.1, 0.15) is 12.1 Å². The normalized spacial score (nSPS) is 25.6. The molecule has 2 N–H and O–H groups in total. The van der Waals surface area contributed by atoms with Crippen LogP contribution in [0.15, 0.2) is 30.6 Å². The summed E-state index contributed by atoms with van der Waals surface area (Å²) in [7, 11) is 0. The van der Waals surface area contributed by atoms with Crippen LogP contribution in [-0.4, -0.2) is 46.0 Å². The fourth-order valence-corrected chi connectivity index (χ4v) is 3.51. The van der Waals surface area contributed by atoms with E-state index in [2.05, 4.69) is 21.8 Å². The zero-order valence-corrected chi connectivity index (χ0v) is 12.9. The van der Waals surface area contributed by atoms with Crippen molar-refractivity contribution < 1.29 is 10.2 Å². The Morgan fingerprint density at radius 3 is 2.86 bits per heavy atom. The van der Waals surface area contributed by atoms with E-state index < -0.39 is 6.10 Å². The first-order chi connectivity index (χ1) is 10.7. The Morgan fingerprint density at radius 1 is 1.32 bits per heavy atom. The van der Waals surface area contributed by atoms with Crippen molar-refractivity contribution in [1.82, 2.24) is 9.97 Å². The van der Waals surface area contributed by atoms with Crippen LogP contribution in [0.3, 0.4) is 0 Å². The third kappa shape index (κ3) is 2.55. The van der Waals surface area contributed by atoms with Gasteiger partial charge in [-0.1, -0.05) is 25.5 Å². The molecule has 0 amide bonds.